The molecule has 2 heteroatoms. The van der Waals surface area contributed by atoms with Gasteiger partial charge in [-0.15, -0.1) is 0 Å². The van der Waals surface area contributed by atoms with Crippen molar-refractivity contribution in [1.82, 2.24) is 0 Å². The summed E-state index contributed by atoms with van der Waals surface area (Å²) in [6.07, 6.45) is 2.97. The lowest BCUT2D eigenvalue weighted by Gasteiger charge is -2.28. The number of hydrogen-bond acceptors (Lipinski definition) is 2. The Hall–Kier alpha value is -0.530. The van der Waals surface area contributed by atoms with Gasteiger partial charge in [-0.05, 0) is 38.0 Å². The molecule has 0 radical (unpaired) electrons. The normalized spacial score (nSPS) is 17.6. The molecule has 0 aliphatic heterocycles. The Morgan fingerprint density at radius 2 is 1.93 bits per heavy atom. The van der Waals surface area contributed by atoms with E-state index in [1.54, 1.807) is 0 Å². The SMILES string of the molecule is CCC(C)(CCC(C)C(C)C)OC=O. The zero-order valence-electron chi connectivity index (χ0n) is 10.2. The topological polar surface area (TPSA) is 26.3 Å². The van der Waals surface area contributed by atoms with E-state index in [4.69, 9.17) is 4.74 Å². The highest BCUT2D eigenvalue weighted by atomic mass is 16.5. The summed E-state index contributed by atoms with van der Waals surface area (Å²) < 4.78 is 5.13. The second kappa shape index (κ2) is 6.05. The zero-order valence-corrected chi connectivity index (χ0v) is 10.2. The van der Waals surface area contributed by atoms with Gasteiger partial charge in [0, 0.05) is 0 Å². The van der Waals surface area contributed by atoms with Crippen LogP contribution >= 0.6 is 0 Å². The summed E-state index contributed by atoms with van der Waals surface area (Å²) >= 11 is 0. The maximum Gasteiger partial charge on any atom is 0.293 e. The third-order valence-corrected chi connectivity index (χ3v) is 3.35. The molecule has 0 bridgehead atoms. The fourth-order valence-corrected chi connectivity index (χ4v) is 1.30. The van der Waals surface area contributed by atoms with E-state index >= 15 is 0 Å². The Morgan fingerprint density at radius 1 is 1.36 bits per heavy atom. The molecule has 0 fully saturated rings. The molecule has 0 saturated carbocycles. The molecule has 2 nitrogen and oxygen atoms in total. The summed E-state index contributed by atoms with van der Waals surface area (Å²) in [6.45, 7) is 11.4. The third kappa shape index (κ3) is 4.64. The van der Waals surface area contributed by atoms with Crippen LogP contribution in [0.4, 0.5) is 0 Å². The summed E-state index contributed by atoms with van der Waals surface area (Å²) in [5, 5.41) is 0. The van der Waals surface area contributed by atoms with Crippen LogP contribution in [-0.2, 0) is 9.53 Å². The number of rotatable bonds is 7. The van der Waals surface area contributed by atoms with Gasteiger partial charge in [0.1, 0.15) is 5.60 Å². The summed E-state index contributed by atoms with van der Waals surface area (Å²) in [5.74, 6) is 1.39. The van der Waals surface area contributed by atoms with Crippen molar-refractivity contribution in [3.8, 4) is 0 Å². The van der Waals surface area contributed by atoms with Crippen LogP contribution in [-0.4, -0.2) is 12.1 Å². The first-order chi connectivity index (χ1) is 6.45. The van der Waals surface area contributed by atoms with Crippen molar-refractivity contribution in [3.05, 3.63) is 0 Å². The van der Waals surface area contributed by atoms with E-state index in [9.17, 15) is 4.79 Å². The number of hydrogen-bond donors (Lipinski definition) is 0. The number of ether oxygens (including phenoxy) is 1. The first-order valence-electron chi connectivity index (χ1n) is 5.56. The van der Waals surface area contributed by atoms with Crippen molar-refractivity contribution >= 4 is 6.47 Å². The van der Waals surface area contributed by atoms with E-state index in [1.807, 2.05) is 6.92 Å². The van der Waals surface area contributed by atoms with E-state index in [0.29, 0.717) is 18.3 Å². The van der Waals surface area contributed by atoms with Crippen LogP contribution in [0.5, 0.6) is 0 Å². The van der Waals surface area contributed by atoms with Crippen LogP contribution in [0.1, 0.15) is 53.9 Å². The molecule has 0 aromatic carbocycles. The van der Waals surface area contributed by atoms with Gasteiger partial charge in [-0.3, -0.25) is 4.79 Å². The summed E-state index contributed by atoms with van der Waals surface area (Å²) in [5.41, 5.74) is -0.259. The van der Waals surface area contributed by atoms with Gasteiger partial charge >= 0.3 is 0 Å². The molecule has 0 aliphatic rings. The molecule has 0 rings (SSSR count). The van der Waals surface area contributed by atoms with Crippen molar-refractivity contribution in [3.63, 3.8) is 0 Å². The van der Waals surface area contributed by atoms with Crippen LogP contribution in [0.2, 0.25) is 0 Å². The summed E-state index contributed by atoms with van der Waals surface area (Å²) in [4.78, 5) is 10.3. The first-order valence-corrected chi connectivity index (χ1v) is 5.56. The fourth-order valence-electron chi connectivity index (χ4n) is 1.30. The molecule has 0 spiro atoms. The molecule has 0 aromatic heterocycles. The fraction of sp³-hybridized carbons (Fsp3) is 0.917. The lowest BCUT2D eigenvalue weighted by atomic mass is 9.87. The highest BCUT2D eigenvalue weighted by Crippen LogP contribution is 2.26. The lowest BCUT2D eigenvalue weighted by Crippen LogP contribution is -2.28. The van der Waals surface area contributed by atoms with Crippen LogP contribution in [0, 0.1) is 11.8 Å². The highest BCUT2D eigenvalue weighted by molar-refractivity contribution is 5.38. The van der Waals surface area contributed by atoms with Gasteiger partial charge in [-0.1, -0.05) is 27.7 Å². The van der Waals surface area contributed by atoms with Crippen LogP contribution in [0.25, 0.3) is 0 Å². The summed E-state index contributed by atoms with van der Waals surface area (Å²) in [6, 6.07) is 0. The summed E-state index contributed by atoms with van der Waals surface area (Å²) in [7, 11) is 0. The maximum atomic E-state index is 10.3. The largest absolute Gasteiger partial charge is 0.462 e. The average molecular weight is 200 g/mol. The molecule has 14 heavy (non-hydrogen) atoms. The molecular formula is C12H24O2. The molecule has 0 aliphatic carbocycles. The van der Waals surface area contributed by atoms with Crippen LogP contribution < -0.4 is 0 Å². The van der Waals surface area contributed by atoms with Gasteiger partial charge in [-0.25, -0.2) is 0 Å². The zero-order chi connectivity index (χ0) is 11.2. The third-order valence-electron chi connectivity index (χ3n) is 3.35. The first kappa shape index (κ1) is 13.5. The molecule has 2 atom stereocenters. The van der Waals surface area contributed by atoms with Crippen molar-refractivity contribution < 1.29 is 9.53 Å². The minimum Gasteiger partial charge on any atom is -0.462 e. The Balaban J connectivity index is 4.00. The van der Waals surface area contributed by atoms with Crippen molar-refractivity contribution in [2.24, 2.45) is 11.8 Å². The van der Waals surface area contributed by atoms with Crippen molar-refractivity contribution in [1.29, 1.82) is 0 Å². The van der Waals surface area contributed by atoms with E-state index in [1.165, 1.54) is 0 Å². The smallest absolute Gasteiger partial charge is 0.293 e. The Kier molecular flexibility index (Phi) is 5.82. The van der Waals surface area contributed by atoms with Gasteiger partial charge < -0.3 is 4.74 Å². The van der Waals surface area contributed by atoms with Gasteiger partial charge in [0.05, 0.1) is 0 Å². The molecule has 0 heterocycles. The van der Waals surface area contributed by atoms with E-state index in [2.05, 4.69) is 27.7 Å². The Labute approximate surface area is 88.0 Å². The van der Waals surface area contributed by atoms with Crippen molar-refractivity contribution in [2.45, 2.75) is 59.5 Å². The maximum absolute atomic E-state index is 10.3. The molecule has 2 unspecified atom stereocenters. The minimum atomic E-state index is -0.259. The number of carbonyl (C=O) groups is 1. The quantitative estimate of drug-likeness (QED) is 0.589. The predicted octanol–water partition coefficient (Wildman–Crippen LogP) is 3.40. The number of carbonyl (C=O) groups excluding carboxylic acids is 1. The van der Waals surface area contributed by atoms with Crippen LogP contribution in [0.15, 0.2) is 0 Å². The van der Waals surface area contributed by atoms with Gasteiger partial charge in [0.25, 0.3) is 6.47 Å². The van der Waals surface area contributed by atoms with E-state index < -0.39 is 0 Å². The predicted molar refractivity (Wildman–Crippen MR) is 59.1 cm³/mol. The van der Waals surface area contributed by atoms with Crippen molar-refractivity contribution in [2.75, 3.05) is 0 Å². The highest BCUT2D eigenvalue weighted by Gasteiger charge is 2.24. The minimum absolute atomic E-state index is 0.259. The molecule has 84 valence electrons. The molecule has 0 saturated heterocycles. The molecule has 0 amide bonds. The molecule has 0 N–H and O–H groups in total. The second-order valence-corrected chi connectivity index (χ2v) is 4.78. The standard InChI is InChI=1S/C12H24O2/c1-6-12(5,14-9-13)8-7-11(4)10(2)3/h9-11H,6-8H2,1-5H3. The monoisotopic (exact) mass is 200 g/mol. The van der Waals surface area contributed by atoms with Gasteiger partial charge in [0.2, 0.25) is 0 Å². The molecule has 0 aromatic rings. The Morgan fingerprint density at radius 3 is 2.29 bits per heavy atom. The molecular weight excluding hydrogens is 176 g/mol. The van der Waals surface area contributed by atoms with Gasteiger partial charge in [-0.2, -0.15) is 0 Å². The van der Waals surface area contributed by atoms with Gasteiger partial charge in [0.15, 0.2) is 0 Å². The van der Waals surface area contributed by atoms with Crippen LogP contribution in [0.3, 0.4) is 0 Å². The lowest BCUT2D eigenvalue weighted by molar-refractivity contribution is -0.143. The van der Waals surface area contributed by atoms with E-state index in [-0.39, 0.29) is 5.60 Å². The van der Waals surface area contributed by atoms with E-state index in [0.717, 1.165) is 19.3 Å². The average Bonchev–Trinajstić information content (AvgIpc) is 2.14. The Bertz CT molecular complexity index is 166. The second-order valence-electron chi connectivity index (χ2n) is 4.78.